The van der Waals surface area contributed by atoms with Crippen molar-refractivity contribution in [3.8, 4) is 22.6 Å². The van der Waals surface area contributed by atoms with Crippen LogP contribution in [-0.2, 0) is 19.8 Å². The van der Waals surface area contributed by atoms with Crippen molar-refractivity contribution in [2.24, 2.45) is 0 Å². The average molecular weight is 621 g/mol. The van der Waals surface area contributed by atoms with E-state index in [1.54, 1.807) is 19.2 Å². The minimum absolute atomic E-state index is 0.0546. The molecule has 1 atom stereocenters. The number of hydrogen-bond acceptors (Lipinski definition) is 5. The normalized spacial score (nSPS) is 14.9. The highest BCUT2D eigenvalue weighted by Crippen LogP contribution is 2.36. The van der Waals surface area contributed by atoms with Crippen LogP contribution in [0, 0.1) is 25.5 Å². The number of aliphatic hydroxyl groups excluding tert-OH is 1. The van der Waals surface area contributed by atoms with E-state index in [1.165, 1.54) is 12.1 Å². The van der Waals surface area contributed by atoms with Crippen molar-refractivity contribution in [2.45, 2.75) is 46.1 Å². The maximum atomic E-state index is 13.8. The quantitative estimate of drug-likeness (QED) is 0.200. The third kappa shape index (κ3) is 7.21. The summed E-state index contributed by atoms with van der Waals surface area (Å²) >= 11 is 6.70. The number of carbonyl (C=O) groups excluding carboxylic acids is 1. The van der Waals surface area contributed by atoms with E-state index in [1.807, 2.05) is 50.2 Å². The highest BCUT2D eigenvalue weighted by molar-refractivity contribution is 6.32. The second-order valence-electron chi connectivity index (χ2n) is 11.1. The molecule has 4 aromatic rings. The van der Waals surface area contributed by atoms with Gasteiger partial charge in [-0.15, -0.1) is 0 Å². The predicted octanol–water partition coefficient (Wildman–Crippen LogP) is 6.99. The number of carbonyl (C=O) groups is 1. The molecule has 0 spiro atoms. The minimum atomic E-state index is -0.678. The first kappa shape index (κ1) is 31.4. The zero-order chi connectivity index (χ0) is 31.4. The lowest BCUT2D eigenvalue weighted by molar-refractivity contribution is 0.0962. The average Bonchev–Trinajstić information content (AvgIpc) is 3.40. The van der Waals surface area contributed by atoms with Crippen LogP contribution >= 0.6 is 11.6 Å². The Bertz CT molecular complexity index is 1660. The Kier molecular flexibility index (Phi) is 9.84. The standard InChI is InChI=1S/C35H35ClF2N2O4/c1-21-24(6-4-7-29(21)30-8-5-9-31(22(30)2)35(42)39-3)20-44-34-16-33(43-19-23-12-26(37)15-27(38)13-23)25(14-32(34)36)17-40-11-10-28(41)18-40/h4-9,12-16,28,41H,10-11,17-20H2,1-3H3,(H,39,42). The van der Waals surface area contributed by atoms with Gasteiger partial charge in [0.2, 0.25) is 0 Å². The molecule has 1 aliphatic rings. The van der Waals surface area contributed by atoms with Gasteiger partial charge in [-0.05, 0) is 77.9 Å². The van der Waals surface area contributed by atoms with Gasteiger partial charge in [-0.1, -0.05) is 41.9 Å². The number of β-amino-alcohol motifs (C(OH)–C–C–N with tert-alkyl or cyclic N) is 1. The second kappa shape index (κ2) is 13.8. The van der Waals surface area contributed by atoms with Crippen LogP contribution in [0.2, 0.25) is 5.02 Å². The fourth-order valence-electron chi connectivity index (χ4n) is 5.59. The lowest BCUT2D eigenvalue weighted by atomic mass is 9.91. The number of amides is 1. The lowest BCUT2D eigenvalue weighted by Gasteiger charge is -2.20. The van der Waals surface area contributed by atoms with Gasteiger partial charge in [0.1, 0.15) is 36.3 Å². The summed E-state index contributed by atoms with van der Waals surface area (Å²) in [6.45, 7) is 5.87. The van der Waals surface area contributed by atoms with Crippen molar-refractivity contribution < 1.29 is 28.2 Å². The molecular weight excluding hydrogens is 586 g/mol. The van der Waals surface area contributed by atoms with E-state index < -0.39 is 11.6 Å². The van der Waals surface area contributed by atoms with Gasteiger partial charge in [0.25, 0.3) is 5.91 Å². The molecule has 9 heteroatoms. The van der Waals surface area contributed by atoms with E-state index in [2.05, 4.69) is 10.2 Å². The molecular formula is C35H35ClF2N2O4. The van der Waals surface area contributed by atoms with Crippen LogP contribution in [0.15, 0.2) is 66.7 Å². The molecule has 0 saturated carbocycles. The van der Waals surface area contributed by atoms with Crippen molar-refractivity contribution in [3.05, 3.63) is 117 Å². The zero-order valence-corrected chi connectivity index (χ0v) is 25.7. The van der Waals surface area contributed by atoms with E-state index >= 15 is 0 Å². The molecule has 44 heavy (non-hydrogen) atoms. The number of nitrogens with one attached hydrogen (secondary N) is 1. The van der Waals surface area contributed by atoms with E-state index in [4.69, 9.17) is 21.1 Å². The summed E-state index contributed by atoms with van der Waals surface area (Å²) in [7, 11) is 1.61. The first-order valence-corrected chi connectivity index (χ1v) is 14.8. The molecule has 1 unspecified atom stereocenters. The van der Waals surface area contributed by atoms with E-state index in [9.17, 15) is 18.7 Å². The van der Waals surface area contributed by atoms with Crippen molar-refractivity contribution in [1.82, 2.24) is 10.2 Å². The first-order chi connectivity index (χ1) is 21.1. The predicted molar refractivity (Wildman–Crippen MR) is 167 cm³/mol. The van der Waals surface area contributed by atoms with Crippen LogP contribution in [0.4, 0.5) is 8.78 Å². The maximum Gasteiger partial charge on any atom is 0.251 e. The summed E-state index contributed by atoms with van der Waals surface area (Å²) in [6.07, 6.45) is 0.295. The number of halogens is 3. The molecule has 0 aliphatic carbocycles. The van der Waals surface area contributed by atoms with Gasteiger partial charge in [-0.2, -0.15) is 0 Å². The molecule has 1 aliphatic heterocycles. The minimum Gasteiger partial charge on any atom is -0.488 e. The largest absolute Gasteiger partial charge is 0.488 e. The molecule has 1 saturated heterocycles. The Morgan fingerprint density at radius 2 is 1.61 bits per heavy atom. The van der Waals surface area contributed by atoms with Crippen molar-refractivity contribution in [2.75, 3.05) is 20.1 Å². The first-order valence-electron chi connectivity index (χ1n) is 14.5. The molecule has 2 N–H and O–H groups in total. The number of rotatable bonds is 10. The summed E-state index contributed by atoms with van der Waals surface area (Å²) in [5, 5.41) is 13.1. The topological polar surface area (TPSA) is 71.0 Å². The second-order valence-corrected chi connectivity index (χ2v) is 11.5. The Hall–Kier alpha value is -3.98. The molecule has 0 radical (unpaired) electrons. The van der Waals surface area contributed by atoms with Crippen molar-refractivity contribution in [3.63, 3.8) is 0 Å². The van der Waals surface area contributed by atoms with Crippen LogP contribution < -0.4 is 14.8 Å². The zero-order valence-electron chi connectivity index (χ0n) is 24.9. The van der Waals surface area contributed by atoms with E-state index in [0.717, 1.165) is 46.0 Å². The van der Waals surface area contributed by atoms with Gasteiger partial charge in [-0.3, -0.25) is 9.69 Å². The van der Waals surface area contributed by atoms with Crippen LogP contribution in [-0.4, -0.2) is 42.2 Å². The van der Waals surface area contributed by atoms with Crippen LogP contribution in [0.1, 0.15) is 44.6 Å². The molecule has 6 nitrogen and oxygen atoms in total. The molecule has 1 fully saturated rings. The van der Waals surface area contributed by atoms with Crippen LogP contribution in [0.3, 0.4) is 0 Å². The number of nitrogens with zero attached hydrogens (tertiary/aromatic N) is 1. The van der Waals surface area contributed by atoms with E-state index in [-0.39, 0.29) is 25.2 Å². The SMILES string of the molecule is CNC(=O)c1cccc(-c2cccc(COc3cc(OCc4cc(F)cc(F)c4)c(CN4CCC(O)C4)cc3Cl)c2C)c1C. The third-order valence-electron chi connectivity index (χ3n) is 8.00. The van der Waals surface area contributed by atoms with Crippen LogP contribution in [0.25, 0.3) is 11.1 Å². The van der Waals surface area contributed by atoms with Gasteiger partial charge in [0, 0.05) is 49.9 Å². The Balaban J connectivity index is 1.40. The smallest absolute Gasteiger partial charge is 0.251 e. The summed E-state index contributed by atoms with van der Waals surface area (Å²) < 4.78 is 39.9. The Labute approximate surface area is 261 Å². The molecule has 0 aromatic heterocycles. The third-order valence-corrected chi connectivity index (χ3v) is 8.29. The fourth-order valence-corrected chi connectivity index (χ4v) is 5.83. The Morgan fingerprint density at radius 1 is 0.932 bits per heavy atom. The summed E-state index contributed by atoms with van der Waals surface area (Å²) in [6, 6.07) is 18.4. The molecule has 230 valence electrons. The highest BCUT2D eigenvalue weighted by atomic mass is 35.5. The summed E-state index contributed by atoms with van der Waals surface area (Å²) in [5.74, 6) is -0.616. The van der Waals surface area contributed by atoms with Gasteiger partial charge < -0.3 is 19.9 Å². The van der Waals surface area contributed by atoms with Crippen molar-refractivity contribution >= 4 is 17.5 Å². The molecule has 0 bridgehead atoms. The highest BCUT2D eigenvalue weighted by Gasteiger charge is 2.23. The molecule has 1 amide bonds. The number of ether oxygens (including phenoxy) is 2. The molecule has 1 heterocycles. The summed E-state index contributed by atoms with van der Waals surface area (Å²) in [4.78, 5) is 14.5. The number of likely N-dealkylation sites (tertiary alicyclic amines) is 1. The van der Waals surface area contributed by atoms with E-state index in [0.29, 0.717) is 47.2 Å². The Morgan fingerprint density at radius 3 is 2.30 bits per heavy atom. The number of aliphatic hydroxyl groups is 1. The van der Waals surface area contributed by atoms with Crippen molar-refractivity contribution in [1.29, 1.82) is 0 Å². The molecule has 5 rings (SSSR count). The monoisotopic (exact) mass is 620 g/mol. The lowest BCUT2D eigenvalue weighted by Crippen LogP contribution is -2.22. The van der Waals surface area contributed by atoms with Gasteiger partial charge in [0.15, 0.2) is 0 Å². The van der Waals surface area contributed by atoms with Gasteiger partial charge in [0.05, 0.1) is 11.1 Å². The maximum absolute atomic E-state index is 13.8. The molecule has 4 aromatic carbocycles. The van der Waals surface area contributed by atoms with Gasteiger partial charge >= 0.3 is 0 Å². The van der Waals surface area contributed by atoms with Gasteiger partial charge in [-0.25, -0.2) is 8.78 Å². The summed E-state index contributed by atoms with van der Waals surface area (Å²) in [5.41, 5.74) is 6.54. The number of benzene rings is 4. The number of hydrogen-bond donors (Lipinski definition) is 2. The van der Waals surface area contributed by atoms with Crippen LogP contribution in [0.5, 0.6) is 11.5 Å². The fraction of sp³-hybridized carbons (Fsp3) is 0.286.